The summed E-state index contributed by atoms with van der Waals surface area (Å²) in [5.74, 6) is 0.503. The number of hydrogen-bond acceptors (Lipinski definition) is 2. The fraction of sp³-hybridized carbons (Fsp3) is 0.278. The normalized spacial score (nSPS) is 11.7. The van der Waals surface area contributed by atoms with Crippen LogP contribution in [0.4, 0.5) is 14.9 Å². The van der Waals surface area contributed by atoms with Crippen LogP contribution in [0.15, 0.2) is 42.5 Å². The Hall–Kier alpha value is -2.56. The lowest BCUT2D eigenvalue weighted by atomic mass is 10.1. The molecule has 0 spiro atoms. The van der Waals surface area contributed by atoms with Crippen LogP contribution in [0, 0.1) is 12.7 Å². The second-order valence-electron chi connectivity index (χ2n) is 5.52. The summed E-state index contributed by atoms with van der Waals surface area (Å²) in [6.45, 7) is 3.58. The van der Waals surface area contributed by atoms with Crippen molar-refractivity contribution in [3.8, 4) is 5.75 Å². The van der Waals surface area contributed by atoms with Crippen LogP contribution in [0.2, 0.25) is 0 Å². The lowest BCUT2D eigenvalue weighted by molar-refractivity contribution is 0.249. The van der Waals surface area contributed by atoms with E-state index in [-0.39, 0.29) is 17.9 Å². The van der Waals surface area contributed by atoms with Crippen molar-refractivity contribution in [2.24, 2.45) is 0 Å². The van der Waals surface area contributed by atoms with Crippen LogP contribution in [0.1, 0.15) is 18.1 Å². The first-order valence-electron chi connectivity index (χ1n) is 7.44. The van der Waals surface area contributed by atoms with Gasteiger partial charge in [0.25, 0.3) is 0 Å². The number of urea groups is 1. The highest BCUT2D eigenvalue weighted by Gasteiger charge is 2.09. The average Bonchev–Trinajstić information content (AvgIpc) is 2.51. The number of benzene rings is 2. The molecule has 1 atom stereocenters. The van der Waals surface area contributed by atoms with Gasteiger partial charge < -0.3 is 15.4 Å². The summed E-state index contributed by atoms with van der Waals surface area (Å²) in [5, 5.41) is 5.57. The second kappa shape index (κ2) is 7.63. The number of carbonyl (C=O) groups excluding carboxylic acids is 1. The van der Waals surface area contributed by atoms with E-state index in [4.69, 9.17) is 4.74 Å². The number of hydrogen-bond donors (Lipinski definition) is 2. The van der Waals surface area contributed by atoms with E-state index < -0.39 is 0 Å². The molecular formula is C18H21FN2O2. The van der Waals surface area contributed by atoms with Crippen molar-refractivity contribution >= 4 is 11.7 Å². The van der Waals surface area contributed by atoms with Gasteiger partial charge in [0.15, 0.2) is 0 Å². The molecule has 23 heavy (non-hydrogen) atoms. The van der Waals surface area contributed by atoms with Crippen LogP contribution in [0.5, 0.6) is 5.75 Å². The van der Waals surface area contributed by atoms with Crippen molar-refractivity contribution in [2.75, 3.05) is 12.4 Å². The number of methoxy groups -OCH3 is 1. The molecular weight excluding hydrogens is 295 g/mol. The third kappa shape index (κ3) is 4.98. The Bertz CT molecular complexity index is 688. The van der Waals surface area contributed by atoms with E-state index in [1.54, 1.807) is 20.1 Å². The molecule has 0 aliphatic carbocycles. The molecule has 0 saturated heterocycles. The standard InChI is InChI=1S/C18H21FN2O2/c1-12-9-15(7-8-17(12)19)21-18(22)20-13(2)10-14-5-4-6-16(11-14)23-3/h4-9,11,13H,10H2,1-3H3,(H2,20,21,22). The molecule has 4 nitrogen and oxygen atoms in total. The number of ether oxygens (including phenoxy) is 1. The van der Waals surface area contributed by atoms with Crippen molar-refractivity contribution in [1.82, 2.24) is 5.32 Å². The third-order valence-electron chi connectivity index (χ3n) is 3.47. The van der Waals surface area contributed by atoms with Crippen LogP contribution < -0.4 is 15.4 Å². The molecule has 0 bridgehead atoms. The fourth-order valence-electron chi connectivity index (χ4n) is 2.32. The van der Waals surface area contributed by atoms with Crippen LogP contribution in [-0.2, 0) is 6.42 Å². The van der Waals surface area contributed by atoms with Gasteiger partial charge in [-0.1, -0.05) is 12.1 Å². The van der Waals surface area contributed by atoms with Crippen LogP contribution in [0.3, 0.4) is 0 Å². The number of aryl methyl sites for hydroxylation is 1. The topological polar surface area (TPSA) is 50.4 Å². The van der Waals surface area contributed by atoms with E-state index >= 15 is 0 Å². The smallest absolute Gasteiger partial charge is 0.319 e. The number of halogens is 1. The summed E-state index contributed by atoms with van der Waals surface area (Å²) < 4.78 is 18.4. The van der Waals surface area contributed by atoms with Crippen molar-refractivity contribution in [3.05, 3.63) is 59.4 Å². The van der Waals surface area contributed by atoms with E-state index in [1.165, 1.54) is 12.1 Å². The number of amides is 2. The van der Waals surface area contributed by atoms with E-state index in [1.807, 2.05) is 31.2 Å². The summed E-state index contributed by atoms with van der Waals surface area (Å²) in [4.78, 5) is 12.0. The van der Waals surface area contributed by atoms with Gasteiger partial charge in [-0.15, -0.1) is 0 Å². The van der Waals surface area contributed by atoms with Gasteiger partial charge in [0, 0.05) is 11.7 Å². The fourth-order valence-corrected chi connectivity index (χ4v) is 2.32. The van der Waals surface area contributed by atoms with Crippen molar-refractivity contribution in [1.29, 1.82) is 0 Å². The molecule has 2 rings (SSSR count). The molecule has 122 valence electrons. The zero-order chi connectivity index (χ0) is 16.8. The summed E-state index contributed by atoms with van der Waals surface area (Å²) in [5.41, 5.74) is 2.14. The Kier molecular flexibility index (Phi) is 5.57. The summed E-state index contributed by atoms with van der Waals surface area (Å²) in [6.07, 6.45) is 0.688. The van der Waals surface area contributed by atoms with Gasteiger partial charge in [0.05, 0.1) is 7.11 Å². The summed E-state index contributed by atoms with van der Waals surface area (Å²) in [7, 11) is 1.62. The van der Waals surface area contributed by atoms with Gasteiger partial charge in [0.2, 0.25) is 0 Å². The molecule has 1 unspecified atom stereocenters. The predicted molar refractivity (Wildman–Crippen MR) is 89.5 cm³/mol. The van der Waals surface area contributed by atoms with Crippen molar-refractivity contribution in [2.45, 2.75) is 26.3 Å². The van der Waals surface area contributed by atoms with Gasteiger partial charge in [-0.05, 0) is 61.7 Å². The molecule has 0 radical (unpaired) electrons. The van der Waals surface area contributed by atoms with Crippen molar-refractivity contribution < 1.29 is 13.9 Å². The van der Waals surface area contributed by atoms with E-state index in [9.17, 15) is 9.18 Å². The molecule has 2 aromatic carbocycles. The largest absolute Gasteiger partial charge is 0.497 e. The SMILES string of the molecule is COc1cccc(CC(C)NC(=O)Nc2ccc(F)c(C)c2)c1. The van der Waals surface area contributed by atoms with Gasteiger partial charge in [-0.25, -0.2) is 9.18 Å². The van der Waals surface area contributed by atoms with Gasteiger partial charge in [0.1, 0.15) is 11.6 Å². The maximum Gasteiger partial charge on any atom is 0.319 e. The first-order valence-corrected chi connectivity index (χ1v) is 7.44. The monoisotopic (exact) mass is 316 g/mol. The Morgan fingerprint density at radius 3 is 2.74 bits per heavy atom. The number of anilines is 1. The average molecular weight is 316 g/mol. The zero-order valence-corrected chi connectivity index (χ0v) is 13.5. The number of nitrogens with one attached hydrogen (secondary N) is 2. The Balaban J connectivity index is 1.90. The molecule has 2 amide bonds. The van der Waals surface area contributed by atoms with Crippen LogP contribution in [0.25, 0.3) is 0 Å². The summed E-state index contributed by atoms with van der Waals surface area (Å²) >= 11 is 0. The molecule has 0 heterocycles. The zero-order valence-electron chi connectivity index (χ0n) is 13.5. The second-order valence-corrected chi connectivity index (χ2v) is 5.52. The van der Waals surface area contributed by atoms with Crippen LogP contribution in [-0.4, -0.2) is 19.2 Å². The Morgan fingerprint density at radius 1 is 1.26 bits per heavy atom. The van der Waals surface area contributed by atoms with E-state index in [0.29, 0.717) is 17.7 Å². The molecule has 0 aliphatic rings. The lowest BCUT2D eigenvalue weighted by Crippen LogP contribution is -2.37. The molecule has 0 saturated carbocycles. The molecule has 2 aromatic rings. The lowest BCUT2D eigenvalue weighted by Gasteiger charge is -2.15. The maximum absolute atomic E-state index is 13.2. The highest BCUT2D eigenvalue weighted by molar-refractivity contribution is 5.89. The first kappa shape index (κ1) is 16.8. The molecule has 0 aliphatic heterocycles. The van der Waals surface area contributed by atoms with Gasteiger partial charge in [-0.3, -0.25) is 0 Å². The molecule has 2 N–H and O–H groups in total. The Labute approximate surface area is 135 Å². The third-order valence-corrected chi connectivity index (χ3v) is 3.47. The highest BCUT2D eigenvalue weighted by Crippen LogP contribution is 2.15. The van der Waals surface area contributed by atoms with Gasteiger partial charge in [-0.2, -0.15) is 0 Å². The summed E-state index contributed by atoms with van der Waals surface area (Å²) in [6, 6.07) is 11.8. The molecule has 5 heteroatoms. The maximum atomic E-state index is 13.2. The van der Waals surface area contributed by atoms with Crippen LogP contribution >= 0.6 is 0 Å². The number of rotatable bonds is 5. The van der Waals surface area contributed by atoms with Gasteiger partial charge >= 0.3 is 6.03 Å². The van der Waals surface area contributed by atoms with Crippen molar-refractivity contribution in [3.63, 3.8) is 0 Å². The minimum Gasteiger partial charge on any atom is -0.497 e. The number of carbonyl (C=O) groups is 1. The quantitative estimate of drug-likeness (QED) is 0.879. The highest BCUT2D eigenvalue weighted by atomic mass is 19.1. The van der Waals surface area contributed by atoms with E-state index in [2.05, 4.69) is 10.6 Å². The minimum atomic E-state index is -0.314. The molecule has 0 fully saturated rings. The molecule has 0 aromatic heterocycles. The Morgan fingerprint density at radius 2 is 2.04 bits per heavy atom. The van der Waals surface area contributed by atoms with E-state index in [0.717, 1.165) is 11.3 Å². The minimum absolute atomic E-state index is 0.0522. The first-order chi connectivity index (χ1) is 11.0. The predicted octanol–water partition coefficient (Wildman–Crippen LogP) is 3.90.